The Hall–Kier alpha value is -3.00. The first kappa shape index (κ1) is 33.2. The zero-order valence-electron chi connectivity index (χ0n) is 23.2. The van der Waals surface area contributed by atoms with Gasteiger partial charge in [0.2, 0.25) is 0 Å². The highest BCUT2D eigenvalue weighted by Crippen LogP contribution is 2.38. The van der Waals surface area contributed by atoms with E-state index in [9.17, 15) is 14.4 Å². The molecule has 40 heavy (non-hydrogen) atoms. The summed E-state index contributed by atoms with van der Waals surface area (Å²) < 4.78 is 23.9. The zero-order valence-corrected chi connectivity index (χ0v) is 24.1. The fourth-order valence-electron chi connectivity index (χ4n) is 4.27. The van der Waals surface area contributed by atoms with Gasteiger partial charge < -0.3 is 28.9 Å². The topological polar surface area (TPSA) is 136 Å². The van der Waals surface area contributed by atoms with Crippen LogP contribution >= 0.6 is 8.53 Å². The summed E-state index contributed by atoms with van der Waals surface area (Å²) in [5.74, 6) is 2.47. The van der Waals surface area contributed by atoms with Crippen LogP contribution in [0.25, 0.3) is 0 Å². The van der Waals surface area contributed by atoms with Gasteiger partial charge in [-0.1, -0.05) is 30.5 Å². The first-order valence-corrected chi connectivity index (χ1v) is 14.4. The van der Waals surface area contributed by atoms with Crippen LogP contribution in [0, 0.1) is 18.3 Å². The van der Waals surface area contributed by atoms with Crippen LogP contribution in [0.1, 0.15) is 45.4 Å². The van der Waals surface area contributed by atoms with Crippen LogP contribution in [0.2, 0.25) is 0 Å². The summed E-state index contributed by atoms with van der Waals surface area (Å²) in [5.41, 5.74) is 0. The van der Waals surface area contributed by atoms with E-state index in [0.29, 0.717) is 18.5 Å². The van der Waals surface area contributed by atoms with Crippen molar-refractivity contribution >= 4 is 26.8 Å². The number of para-hydroxylation sites is 1. The second-order valence-electron chi connectivity index (χ2n) is 9.10. The van der Waals surface area contributed by atoms with E-state index < -0.39 is 38.8 Å². The third kappa shape index (κ3) is 10.5. The fraction of sp³-hybridized carbons (Fsp3) is 0.536. The quantitative estimate of drug-likeness (QED) is 0.112. The van der Waals surface area contributed by atoms with Gasteiger partial charge in [0.1, 0.15) is 24.2 Å². The Morgan fingerprint density at radius 3 is 2.58 bits per heavy atom. The molecule has 1 saturated carbocycles. The highest BCUT2D eigenvalue weighted by atomic mass is 31.2. The first-order valence-electron chi connectivity index (χ1n) is 13.3. The van der Waals surface area contributed by atoms with Crippen LogP contribution in [0.3, 0.4) is 0 Å². The monoisotopic (exact) mass is 577 g/mol. The van der Waals surface area contributed by atoms with E-state index in [1.54, 1.807) is 19.1 Å². The molecular formula is C28H40N3O8P. The number of benzene rings is 1. The molecule has 0 spiro atoms. The largest absolute Gasteiger partial charge is 0.461 e. The lowest BCUT2D eigenvalue weighted by Crippen LogP contribution is -2.44. The molecule has 1 aliphatic carbocycles. The number of carbonyl (C=O) groups excluding carboxylic acids is 3. The molecule has 2 aliphatic rings. The summed E-state index contributed by atoms with van der Waals surface area (Å²) in [6.07, 6.45) is 13.0. The minimum atomic E-state index is -1.76. The molecule has 5 unspecified atom stereocenters. The number of amides is 2. The summed E-state index contributed by atoms with van der Waals surface area (Å²) >= 11 is 0. The number of carbonyl (C=O) groups is 3. The number of rotatable bonds is 12. The van der Waals surface area contributed by atoms with E-state index in [-0.39, 0.29) is 18.7 Å². The van der Waals surface area contributed by atoms with E-state index in [0.717, 1.165) is 32.8 Å². The molecule has 3 rings (SSSR count). The van der Waals surface area contributed by atoms with Crippen LogP contribution in [-0.4, -0.2) is 73.5 Å². The molecule has 2 fully saturated rings. The number of hydrogen-bond donors (Lipinski definition) is 3. The van der Waals surface area contributed by atoms with E-state index in [1.807, 2.05) is 18.2 Å². The van der Waals surface area contributed by atoms with Gasteiger partial charge in [-0.05, 0) is 57.2 Å². The molecule has 1 aromatic carbocycles. The number of aldehydes is 1. The number of nitrogens with zero attached hydrogens (tertiary/aromatic N) is 1. The summed E-state index contributed by atoms with van der Waals surface area (Å²) in [4.78, 5) is 37.2. The lowest BCUT2D eigenvalue weighted by Gasteiger charge is -2.27. The molecule has 1 aromatic rings. The highest BCUT2D eigenvalue weighted by molar-refractivity contribution is 7.45. The summed E-state index contributed by atoms with van der Waals surface area (Å²) in [6, 6.07) is 8.02. The molecule has 11 nitrogen and oxygen atoms in total. The Morgan fingerprint density at radius 2 is 1.95 bits per heavy atom. The molecule has 1 saturated heterocycles. The molecular weight excluding hydrogens is 537 g/mol. The first-order chi connectivity index (χ1) is 19.4. The molecule has 5 atom stereocenters. The Labute approximate surface area is 237 Å². The van der Waals surface area contributed by atoms with Crippen molar-refractivity contribution in [2.75, 3.05) is 20.8 Å². The van der Waals surface area contributed by atoms with Gasteiger partial charge in [0, 0.05) is 20.4 Å². The van der Waals surface area contributed by atoms with E-state index in [1.165, 1.54) is 30.6 Å². The van der Waals surface area contributed by atoms with Gasteiger partial charge in [-0.3, -0.25) is 14.5 Å². The third-order valence-electron chi connectivity index (χ3n) is 6.25. The number of ether oxygens (including phenoxy) is 2. The maximum atomic E-state index is 12.7. The Morgan fingerprint density at radius 1 is 1.25 bits per heavy atom. The Kier molecular flexibility index (Phi) is 15.2. The normalized spacial score (nSPS) is 22.2. The SMILES string of the molecule is C#CC1CC(COP(NC(C)C(=O)OC2CCCCC2)Oc2ccccc2)OC1N(/C=C\C=O)C(=O)NC.CO. The number of urea groups is 1. The van der Waals surface area contributed by atoms with Gasteiger partial charge in [0.15, 0.2) is 6.23 Å². The number of aliphatic hydroxyl groups is 1. The lowest BCUT2D eigenvalue weighted by atomic mass is 9.98. The van der Waals surface area contributed by atoms with Gasteiger partial charge in [-0.2, -0.15) is 0 Å². The molecule has 2 amide bonds. The number of aliphatic hydroxyl groups excluding tert-OH is 1. The molecule has 3 N–H and O–H groups in total. The summed E-state index contributed by atoms with van der Waals surface area (Å²) in [6.45, 7) is 1.82. The predicted molar refractivity (Wildman–Crippen MR) is 151 cm³/mol. The van der Waals surface area contributed by atoms with E-state index in [2.05, 4.69) is 16.3 Å². The van der Waals surface area contributed by atoms with Crippen LogP contribution < -0.4 is 14.9 Å². The lowest BCUT2D eigenvalue weighted by molar-refractivity contribution is -0.152. The van der Waals surface area contributed by atoms with Crippen molar-refractivity contribution < 1.29 is 38.0 Å². The number of terminal acetylenes is 1. The minimum Gasteiger partial charge on any atom is -0.461 e. The van der Waals surface area contributed by atoms with E-state index >= 15 is 0 Å². The third-order valence-corrected chi connectivity index (χ3v) is 7.61. The molecule has 12 heteroatoms. The molecule has 220 valence electrons. The van der Waals surface area contributed by atoms with Crippen LogP contribution in [0.5, 0.6) is 5.75 Å². The number of hydrogen-bond acceptors (Lipinski definition) is 9. The van der Waals surface area contributed by atoms with Crippen molar-refractivity contribution in [3.05, 3.63) is 42.6 Å². The second-order valence-corrected chi connectivity index (χ2v) is 10.3. The number of nitrogens with one attached hydrogen (secondary N) is 2. The number of allylic oxidation sites excluding steroid dienone is 1. The van der Waals surface area contributed by atoms with Crippen LogP contribution in [0.15, 0.2) is 42.6 Å². The molecule has 0 aromatic heterocycles. The van der Waals surface area contributed by atoms with Crippen LogP contribution in [-0.2, 0) is 23.6 Å². The maximum absolute atomic E-state index is 12.7. The molecule has 0 bridgehead atoms. The smallest absolute Gasteiger partial charge is 0.323 e. The zero-order chi connectivity index (χ0) is 29.3. The van der Waals surface area contributed by atoms with Gasteiger partial charge in [0.05, 0.1) is 18.6 Å². The average molecular weight is 578 g/mol. The predicted octanol–water partition coefficient (Wildman–Crippen LogP) is 3.49. The fourth-order valence-corrected chi connectivity index (χ4v) is 5.48. The summed E-state index contributed by atoms with van der Waals surface area (Å²) in [7, 11) is 0.720. The number of esters is 1. The van der Waals surface area contributed by atoms with E-state index in [4.69, 9.17) is 30.1 Å². The van der Waals surface area contributed by atoms with Gasteiger partial charge in [0.25, 0.3) is 0 Å². The Bertz CT molecular complexity index is 984. The maximum Gasteiger partial charge on any atom is 0.323 e. The van der Waals surface area contributed by atoms with Crippen molar-refractivity contribution in [1.29, 1.82) is 0 Å². The van der Waals surface area contributed by atoms with Crippen molar-refractivity contribution in [2.24, 2.45) is 5.92 Å². The molecule has 1 heterocycles. The molecule has 0 radical (unpaired) electrons. The minimum absolute atomic E-state index is 0.0521. The Balaban J connectivity index is 0.00000274. The van der Waals surface area contributed by atoms with Gasteiger partial charge in [-0.15, -0.1) is 6.42 Å². The van der Waals surface area contributed by atoms with Crippen molar-refractivity contribution in [1.82, 2.24) is 15.3 Å². The van der Waals surface area contributed by atoms with Gasteiger partial charge in [-0.25, -0.2) is 9.88 Å². The standard InChI is InChI=1S/C27H36N3O7P.CH4O/c1-4-21-18-24(35-25(21)30(16-11-17-31)27(33)28-3)19-34-38(37-23-14-9-6-10-15-23)29-20(2)26(32)36-22-12-7-5-8-13-22;1-2/h1,6,9-11,14-17,20-22,24-25,29H,5,7-8,12-13,18-19H2,2-3H3,(H,28,33);2H,1H3/b16-11-;. The molecule has 1 aliphatic heterocycles. The average Bonchev–Trinajstić information content (AvgIpc) is 3.41. The van der Waals surface area contributed by atoms with Crippen molar-refractivity contribution in [3.63, 3.8) is 0 Å². The van der Waals surface area contributed by atoms with Gasteiger partial charge >= 0.3 is 20.5 Å². The second kappa shape index (κ2) is 18.4. The summed E-state index contributed by atoms with van der Waals surface area (Å²) in [5, 5.41) is 12.6. The highest BCUT2D eigenvalue weighted by Gasteiger charge is 2.40. The van der Waals surface area contributed by atoms with Crippen molar-refractivity contribution in [3.8, 4) is 18.1 Å². The van der Waals surface area contributed by atoms with Crippen molar-refractivity contribution in [2.45, 2.75) is 69.9 Å². The van der Waals surface area contributed by atoms with Crippen LogP contribution in [0.4, 0.5) is 4.79 Å².